The fraction of sp³-hybridized carbons (Fsp3) is 0.476. The molecule has 2 fully saturated rings. The van der Waals surface area contributed by atoms with Gasteiger partial charge in [0.25, 0.3) is 0 Å². The van der Waals surface area contributed by atoms with Crippen LogP contribution in [0.15, 0.2) is 30.6 Å². The second-order valence-corrected chi connectivity index (χ2v) is 8.29. The summed E-state index contributed by atoms with van der Waals surface area (Å²) in [6, 6.07) is 8.19. The van der Waals surface area contributed by atoms with Crippen LogP contribution in [0.2, 0.25) is 0 Å². The number of aliphatic hydroxyl groups excluding tert-OH is 1. The average Bonchev–Trinajstić information content (AvgIpc) is 3.27. The van der Waals surface area contributed by atoms with Gasteiger partial charge in [0.2, 0.25) is 5.95 Å². The molecule has 1 aliphatic heterocycles. The van der Waals surface area contributed by atoms with Crippen molar-refractivity contribution in [3.63, 3.8) is 0 Å². The quantitative estimate of drug-likeness (QED) is 0.712. The highest BCUT2D eigenvalue weighted by atomic mass is 16.3. The van der Waals surface area contributed by atoms with E-state index in [-0.39, 0.29) is 12.1 Å². The fourth-order valence-corrected chi connectivity index (χ4v) is 5.06. The lowest BCUT2D eigenvalue weighted by molar-refractivity contribution is 0.0375. The van der Waals surface area contributed by atoms with E-state index in [1.807, 2.05) is 31.5 Å². The van der Waals surface area contributed by atoms with Crippen LogP contribution in [0.1, 0.15) is 30.1 Å². The van der Waals surface area contributed by atoms with Gasteiger partial charge in [0.05, 0.1) is 29.5 Å². The first kappa shape index (κ1) is 17.4. The van der Waals surface area contributed by atoms with Crippen molar-refractivity contribution in [3.05, 3.63) is 41.9 Å². The minimum absolute atomic E-state index is 0.0619. The summed E-state index contributed by atoms with van der Waals surface area (Å²) in [6.07, 6.45) is 3.26. The zero-order chi connectivity index (χ0) is 19.4. The zero-order valence-corrected chi connectivity index (χ0v) is 16.3. The maximum atomic E-state index is 10.9. The van der Waals surface area contributed by atoms with Crippen molar-refractivity contribution < 1.29 is 5.11 Å². The smallest absolute Gasteiger partial charge is 0.222 e. The topological polar surface area (TPSA) is 93.1 Å². The minimum atomic E-state index is -0.364. The number of benzene rings is 1. The number of fused-ring (bicyclic) bond motifs is 2. The Kier molecular flexibility index (Phi) is 4.01. The molecule has 3 aromatic rings. The Labute approximate surface area is 164 Å². The average molecular weight is 378 g/mol. The van der Waals surface area contributed by atoms with Crippen LogP contribution in [0.4, 0.5) is 11.8 Å². The van der Waals surface area contributed by atoms with E-state index in [0.717, 1.165) is 54.0 Å². The van der Waals surface area contributed by atoms with Gasteiger partial charge in [0, 0.05) is 24.3 Å². The van der Waals surface area contributed by atoms with Crippen molar-refractivity contribution in [2.75, 3.05) is 23.7 Å². The lowest BCUT2D eigenvalue weighted by Crippen LogP contribution is -2.36. The third kappa shape index (κ3) is 2.73. The normalized spacial score (nSPS) is 27.3. The first-order valence-electron chi connectivity index (χ1n) is 9.96. The predicted octanol–water partition coefficient (Wildman–Crippen LogP) is 2.47. The van der Waals surface area contributed by atoms with Gasteiger partial charge in [-0.15, -0.1) is 0 Å². The third-order valence-corrected chi connectivity index (χ3v) is 6.63. The first-order chi connectivity index (χ1) is 13.5. The van der Waals surface area contributed by atoms with Crippen LogP contribution in [0.5, 0.6) is 0 Å². The van der Waals surface area contributed by atoms with Crippen LogP contribution in [0, 0.1) is 25.7 Å². The van der Waals surface area contributed by atoms with Crippen LogP contribution in [-0.2, 0) is 0 Å². The molecule has 3 N–H and O–H groups in total. The molecule has 0 spiro atoms. The maximum absolute atomic E-state index is 10.9. The first-order valence-corrected chi connectivity index (χ1v) is 9.96. The molecule has 3 heterocycles. The van der Waals surface area contributed by atoms with Crippen LogP contribution in [0.3, 0.4) is 0 Å². The van der Waals surface area contributed by atoms with Crippen LogP contribution < -0.4 is 10.6 Å². The Hall–Kier alpha value is -2.67. The van der Waals surface area contributed by atoms with Gasteiger partial charge in [-0.1, -0.05) is 12.1 Å². The number of imidazole rings is 1. The largest absolute Gasteiger partial charge is 0.391 e. The van der Waals surface area contributed by atoms with Gasteiger partial charge in [0.15, 0.2) is 0 Å². The summed E-state index contributed by atoms with van der Waals surface area (Å²) in [5.41, 5.74) is 10.00. The van der Waals surface area contributed by atoms with Gasteiger partial charge < -0.3 is 20.3 Å². The van der Waals surface area contributed by atoms with Gasteiger partial charge in [-0.2, -0.15) is 4.98 Å². The molecule has 2 aromatic heterocycles. The zero-order valence-electron chi connectivity index (χ0n) is 16.3. The second-order valence-electron chi connectivity index (χ2n) is 8.29. The molecule has 0 amide bonds. The molecule has 1 aromatic carbocycles. The number of rotatable bonds is 2. The molecule has 1 saturated carbocycles. The Morgan fingerprint density at radius 3 is 2.64 bits per heavy atom. The van der Waals surface area contributed by atoms with Crippen molar-refractivity contribution in [2.24, 2.45) is 11.8 Å². The number of aryl methyl sites for hydroxylation is 1. The summed E-state index contributed by atoms with van der Waals surface area (Å²) < 4.78 is 2.16. The number of aromatic nitrogens is 4. The Morgan fingerprint density at radius 1 is 1.07 bits per heavy atom. The molecule has 0 radical (unpaired) electrons. The lowest BCUT2D eigenvalue weighted by atomic mass is 9.77. The summed E-state index contributed by atoms with van der Waals surface area (Å²) in [5, 5.41) is 10.9. The molecular weight excluding hydrogens is 352 g/mol. The van der Waals surface area contributed by atoms with Crippen molar-refractivity contribution in [1.29, 1.82) is 0 Å². The van der Waals surface area contributed by atoms with E-state index in [4.69, 9.17) is 5.73 Å². The number of nitrogens with zero attached hydrogens (tertiary/aromatic N) is 5. The van der Waals surface area contributed by atoms with Gasteiger partial charge in [-0.05, 0) is 50.7 Å². The van der Waals surface area contributed by atoms with Crippen molar-refractivity contribution in [1.82, 2.24) is 19.5 Å². The number of para-hydroxylation sites is 2. The third-order valence-electron chi connectivity index (χ3n) is 6.63. The molecule has 2 aliphatic rings. The van der Waals surface area contributed by atoms with E-state index >= 15 is 0 Å². The van der Waals surface area contributed by atoms with Crippen LogP contribution in [0.25, 0.3) is 11.0 Å². The molecule has 7 nitrogen and oxygen atoms in total. The van der Waals surface area contributed by atoms with Gasteiger partial charge in [0.1, 0.15) is 5.82 Å². The summed E-state index contributed by atoms with van der Waals surface area (Å²) >= 11 is 0. The summed E-state index contributed by atoms with van der Waals surface area (Å²) in [4.78, 5) is 15.6. The molecule has 0 bridgehead atoms. The number of hydrogen-bond acceptors (Lipinski definition) is 6. The second kappa shape index (κ2) is 6.44. The molecule has 1 saturated heterocycles. The van der Waals surface area contributed by atoms with Crippen molar-refractivity contribution >= 4 is 22.8 Å². The minimum Gasteiger partial charge on any atom is -0.391 e. The number of anilines is 2. The monoisotopic (exact) mass is 378 g/mol. The molecule has 4 atom stereocenters. The standard InChI is InChI=1S/C21H26N6O/c1-12-13(2)24-21(22)25-20(12)26-9-14-7-18(19(28)8-15(14)10-26)27-11-23-16-5-3-4-6-17(16)27/h3-6,11,14-15,18-19,28H,7-10H2,1-2H3,(H2,22,24,25)/t14-,15+,18-,19-/m1/s1. The predicted molar refractivity (Wildman–Crippen MR) is 109 cm³/mol. The Balaban J connectivity index is 1.42. The van der Waals surface area contributed by atoms with Crippen LogP contribution in [-0.4, -0.2) is 43.8 Å². The highest BCUT2D eigenvalue weighted by Crippen LogP contribution is 2.43. The molecule has 5 rings (SSSR count). The molecular formula is C21H26N6O. The van der Waals surface area contributed by atoms with Gasteiger partial charge in [-0.25, -0.2) is 9.97 Å². The van der Waals surface area contributed by atoms with E-state index in [2.05, 4.69) is 37.4 Å². The Morgan fingerprint density at radius 2 is 1.82 bits per heavy atom. The van der Waals surface area contributed by atoms with Crippen molar-refractivity contribution in [2.45, 2.75) is 38.8 Å². The van der Waals surface area contributed by atoms with E-state index < -0.39 is 0 Å². The number of nitrogen functional groups attached to an aromatic ring is 1. The highest BCUT2D eigenvalue weighted by Gasteiger charge is 2.43. The molecule has 146 valence electrons. The molecule has 1 aliphatic carbocycles. The fourth-order valence-electron chi connectivity index (χ4n) is 5.06. The SMILES string of the molecule is Cc1nc(N)nc(N2C[C@H]3C[C@@H](n4cnc5ccccc54)[C@H](O)C[C@H]3C2)c1C. The van der Waals surface area contributed by atoms with E-state index in [1.54, 1.807) is 0 Å². The van der Waals surface area contributed by atoms with Crippen LogP contribution >= 0.6 is 0 Å². The van der Waals surface area contributed by atoms with E-state index in [1.165, 1.54) is 0 Å². The summed E-state index contributed by atoms with van der Waals surface area (Å²) in [7, 11) is 0. The summed E-state index contributed by atoms with van der Waals surface area (Å²) in [5.74, 6) is 2.26. The molecule has 28 heavy (non-hydrogen) atoms. The van der Waals surface area contributed by atoms with Gasteiger partial charge >= 0.3 is 0 Å². The van der Waals surface area contributed by atoms with Crippen molar-refractivity contribution in [3.8, 4) is 0 Å². The highest BCUT2D eigenvalue weighted by molar-refractivity contribution is 5.75. The number of hydrogen-bond donors (Lipinski definition) is 2. The van der Waals surface area contributed by atoms with Gasteiger partial charge in [-0.3, -0.25) is 0 Å². The summed E-state index contributed by atoms with van der Waals surface area (Å²) in [6.45, 7) is 5.89. The number of aliphatic hydroxyl groups is 1. The lowest BCUT2D eigenvalue weighted by Gasteiger charge is -2.36. The number of nitrogens with two attached hydrogens (primary N) is 1. The molecule has 0 unspecified atom stereocenters. The van der Waals surface area contributed by atoms with E-state index in [9.17, 15) is 5.11 Å². The Bertz CT molecular complexity index is 1030. The molecule has 7 heteroatoms. The van der Waals surface area contributed by atoms with E-state index in [0.29, 0.717) is 17.8 Å². The maximum Gasteiger partial charge on any atom is 0.222 e.